The maximum Gasteiger partial charge on any atom is 0.0284 e. The van der Waals surface area contributed by atoms with E-state index in [0.717, 1.165) is 22.3 Å². The average molecular weight is 453 g/mol. The van der Waals surface area contributed by atoms with Crippen LogP contribution in [-0.4, -0.2) is 0 Å². The molecule has 6 aliphatic carbocycles. The SMILES string of the molecule is C#Cc1cccc2c1C1c3c(C#C)cccc3C2C2c3cccc(C#C)c3C1c1c(C#C)cccc12. The first kappa shape index (κ1) is 20.5. The Balaban J connectivity index is 1.76. The van der Waals surface area contributed by atoms with Crippen molar-refractivity contribution in [3.63, 3.8) is 0 Å². The maximum atomic E-state index is 6.13. The molecule has 4 bridgehead atoms. The summed E-state index contributed by atoms with van der Waals surface area (Å²) in [5, 5.41) is 0. The molecule has 0 heterocycles. The van der Waals surface area contributed by atoms with Crippen molar-refractivity contribution in [2.45, 2.75) is 23.7 Å². The summed E-state index contributed by atoms with van der Waals surface area (Å²) in [5.74, 6) is 11.8. The molecule has 0 unspecified atom stereocenters. The van der Waals surface area contributed by atoms with Gasteiger partial charge in [0.15, 0.2) is 0 Å². The molecule has 0 radical (unpaired) electrons. The van der Waals surface area contributed by atoms with Gasteiger partial charge in [-0.2, -0.15) is 0 Å². The third-order valence-corrected chi connectivity index (χ3v) is 8.43. The van der Waals surface area contributed by atoms with Gasteiger partial charge < -0.3 is 0 Å². The van der Waals surface area contributed by atoms with Gasteiger partial charge in [0.2, 0.25) is 0 Å². The smallest absolute Gasteiger partial charge is 0.0284 e. The summed E-state index contributed by atoms with van der Waals surface area (Å²) in [5.41, 5.74) is 13.5. The summed E-state index contributed by atoms with van der Waals surface area (Å²) in [6.07, 6.45) is 24.5. The lowest BCUT2D eigenvalue weighted by molar-refractivity contribution is 0.526. The summed E-state index contributed by atoms with van der Waals surface area (Å²) in [6, 6.07) is 25.5. The Morgan fingerprint density at radius 3 is 0.833 bits per heavy atom. The number of rotatable bonds is 0. The second kappa shape index (κ2) is 7.31. The molecule has 0 amide bonds. The number of terminal acetylenes is 4. The van der Waals surface area contributed by atoms with E-state index in [1.54, 1.807) is 0 Å². The lowest BCUT2D eigenvalue weighted by atomic mass is 9.51. The van der Waals surface area contributed by atoms with E-state index >= 15 is 0 Å². The molecule has 0 aliphatic heterocycles. The fraction of sp³-hybridized carbons (Fsp3) is 0.111. The van der Waals surface area contributed by atoms with E-state index in [9.17, 15) is 0 Å². The van der Waals surface area contributed by atoms with Crippen molar-refractivity contribution in [2.75, 3.05) is 0 Å². The Morgan fingerprint density at radius 2 is 0.611 bits per heavy atom. The van der Waals surface area contributed by atoms with E-state index < -0.39 is 0 Å². The molecule has 0 atom stereocenters. The zero-order valence-corrected chi connectivity index (χ0v) is 19.5. The standard InChI is InChI=1S/C36H20/c1-5-21-13-9-17-25-29(21)35-30-22(6-2)14-10-18-26(30)33(25)34-27-19-11-15-23(7-3)31(27)36(35)32-24(8-4)16-12-20-28(32)34/h1-4,9-20,33-36H. The van der Waals surface area contributed by atoms with Gasteiger partial charge in [0, 0.05) is 45.9 Å². The van der Waals surface area contributed by atoms with E-state index in [-0.39, 0.29) is 23.7 Å². The molecule has 4 aromatic carbocycles. The third-order valence-electron chi connectivity index (χ3n) is 8.43. The third kappa shape index (κ3) is 2.34. The second-order valence-corrected chi connectivity index (χ2v) is 9.72. The summed E-state index contributed by atoms with van der Waals surface area (Å²) >= 11 is 0. The van der Waals surface area contributed by atoms with Crippen LogP contribution in [0.1, 0.15) is 90.4 Å². The Morgan fingerprint density at radius 1 is 0.361 bits per heavy atom. The number of hydrogen-bond acceptors (Lipinski definition) is 0. The fourth-order valence-electron chi connectivity index (χ4n) is 7.32. The van der Waals surface area contributed by atoms with Crippen LogP contribution < -0.4 is 0 Å². The molecule has 4 aromatic rings. The first-order chi connectivity index (χ1) is 17.7. The number of hydrogen-bond donors (Lipinski definition) is 0. The summed E-state index contributed by atoms with van der Waals surface area (Å²) in [4.78, 5) is 0. The highest BCUT2D eigenvalue weighted by molar-refractivity contribution is 5.74. The summed E-state index contributed by atoms with van der Waals surface area (Å²) in [6.45, 7) is 0. The van der Waals surface area contributed by atoms with Crippen molar-refractivity contribution in [3.8, 4) is 49.4 Å². The van der Waals surface area contributed by atoms with Crippen LogP contribution >= 0.6 is 0 Å². The van der Waals surface area contributed by atoms with Crippen LogP contribution in [0.25, 0.3) is 0 Å². The lowest BCUT2D eigenvalue weighted by Gasteiger charge is -2.51. The second-order valence-electron chi connectivity index (χ2n) is 9.72. The van der Waals surface area contributed by atoms with E-state index in [1.165, 1.54) is 44.5 Å². The highest BCUT2D eigenvalue weighted by Gasteiger charge is 2.52. The van der Waals surface area contributed by atoms with Crippen molar-refractivity contribution in [1.82, 2.24) is 0 Å². The maximum absolute atomic E-state index is 6.13. The Bertz CT molecular complexity index is 1540. The monoisotopic (exact) mass is 452 g/mol. The zero-order valence-electron chi connectivity index (χ0n) is 19.5. The zero-order chi connectivity index (χ0) is 24.6. The van der Waals surface area contributed by atoms with Crippen LogP contribution in [0.3, 0.4) is 0 Å². The molecular weight excluding hydrogens is 432 g/mol. The van der Waals surface area contributed by atoms with Gasteiger partial charge in [0.25, 0.3) is 0 Å². The molecule has 0 aromatic heterocycles. The Kier molecular flexibility index (Phi) is 4.16. The van der Waals surface area contributed by atoms with Gasteiger partial charge in [-0.05, 0) is 68.8 Å². The van der Waals surface area contributed by atoms with E-state index in [0.29, 0.717) is 0 Å². The average Bonchev–Trinajstić information content (AvgIpc) is 2.92. The molecular formula is C36H20. The molecule has 0 fully saturated rings. The molecule has 10 rings (SSSR count). The van der Waals surface area contributed by atoms with E-state index in [1.807, 2.05) is 24.3 Å². The van der Waals surface area contributed by atoms with Crippen LogP contribution in [0, 0.1) is 49.4 Å². The minimum absolute atomic E-state index is 0.0349. The van der Waals surface area contributed by atoms with Crippen molar-refractivity contribution >= 4 is 0 Å². The summed E-state index contributed by atoms with van der Waals surface area (Å²) < 4.78 is 0. The molecule has 0 spiro atoms. The van der Waals surface area contributed by atoms with Crippen LogP contribution in [-0.2, 0) is 0 Å². The predicted molar refractivity (Wildman–Crippen MR) is 145 cm³/mol. The van der Waals surface area contributed by atoms with Crippen molar-refractivity contribution in [1.29, 1.82) is 0 Å². The topological polar surface area (TPSA) is 0 Å². The molecule has 6 aliphatic rings. The van der Waals surface area contributed by atoms with Crippen molar-refractivity contribution < 1.29 is 0 Å². The molecule has 0 saturated heterocycles. The molecule has 0 saturated carbocycles. The van der Waals surface area contributed by atoms with Gasteiger partial charge in [-0.1, -0.05) is 72.2 Å². The summed E-state index contributed by atoms with van der Waals surface area (Å²) in [7, 11) is 0. The molecule has 36 heavy (non-hydrogen) atoms. The fourth-order valence-corrected chi connectivity index (χ4v) is 7.32. The normalized spacial score (nSPS) is 21.2. The van der Waals surface area contributed by atoms with Crippen LogP contribution in [0.5, 0.6) is 0 Å². The quantitative estimate of drug-likeness (QED) is 0.268. The van der Waals surface area contributed by atoms with Crippen LogP contribution in [0.15, 0.2) is 72.8 Å². The van der Waals surface area contributed by atoms with Gasteiger partial charge in [0.05, 0.1) is 0 Å². The van der Waals surface area contributed by atoms with Gasteiger partial charge in [-0.25, -0.2) is 0 Å². The Labute approximate surface area is 212 Å². The lowest BCUT2D eigenvalue weighted by Crippen LogP contribution is -2.37. The largest absolute Gasteiger partial charge is 0.115 e. The van der Waals surface area contributed by atoms with Crippen molar-refractivity contribution in [2.24, 2.45) is 0 Å². The minimum Gasteiger partial charge on any atom is -0.115 e. The first-order valence-electron chi connectivity index (χ1n) is 12.1. The van der Waals surface area contributed by atoms with Crippen LogP contribution in [0.2, 0.25) is 0 Å². The van der Waals surface area contributed by atoms with E-state index in [2.05, 4.69) is 72.2 Å². The van der Waals surface area contributed by atoms with E-state index in [4.69, 9.17) is 25.7 Å². The van der Waals surface area contributed by atoms with Gasteiger partial charge >= 0.3 is 0 Å². The molecule has 0 heteroatoms. The van der Waals surface area contributed by atoms with Gasteiger partial charge in [-0.3, -0.25) is 0 Å². The highest BCUT2D eigenvalue weighted by Crippen LogP contribution is 2.65. The molecule has 164 valence electrons. The molecule has 0 nitrogen and oxygen atoms in total. The van der Waals surface area contributed by atoms with Crippen molar-refractivity contribution in [3.05, 3.63) is 140 Å². The Hall–Kier alpha value is -4.88. The number of benzene rings is 4. The molecule has 0 N–H and O–H groups in total. The van der Waals surface area contributed by atoms with Gasteiger partial charge in [-0.15, -0.1) is 25.7 Å². The minimum atomic E-state index is -0.103. The predicted octanol–water partition coefficient (Wildman–Crippen LogP) is 6.48. The van der Waals surface area contributed by atoms with Crippen LogP contribution in [0.4, 0.5) is 0 Å². The highest BCUT2D eigenvalue weighted by atomic mass is 14.5. The first-order valence-corrected chi connectivity index (χ1v) is 12.1. The van der Waals surface area contributed by atoms with Gasteiger partial charge in [0.1, 0.15) is 0 Å².